The molecular weight excluding hydrogens is 226 g/mol. The molecule has 18 heavy (non-hydrogen) atoms. The molecule has 0 radical (unpaired) electrons. The monoisotopic (exact) mass is 249 g/mol. The van der Waals surface area contributed by atoms with Gasteiger partial charge in [0.25, 0.3) is 0 Å². The van der Waals surface area contributed by atoms with Crippen LogP contribution in [0, 0.1) is 0 Å². The summed E-state index contributed by atoms with van der Waals surface area (Å²) in [4.78, 5) is 2.26. The van der Waals surface area contributed by atoms with E-state index in [9.17, 15) is 5.11 Å². The van der Waals surface area contributed by atoms with Crippen LogP contribution in [-0.4, -0.2) is 30.9 Å². The number of ether oxygens (including phenoxy) is 1. The van der Waals surface area contributed by atoms with Gasteiger partial charge in [0.15, 0.2) is 0 Å². The summed E-state index contributed by atoms with van der Waals surface area (Å²) in [5.41, 5.74) is 2.14. The number of hydrogen-bond donors (Lipinski definition) is 1. The fourth-order valence-corrected chi connectivity index (χ4v) is 2.72. The van der Waals surface area contributed by atoms with Crippen molar-refractivity contribution in [2.75, 3.05) is 18.6 Å². The summed E-state index contributed by atoms with van der Waals surface area (Å²) in [7, 11) is 2.09. The van der Waals surface area contributed by atoms with Crippen molar-refractivity contribution >= 4 is 5.69 Å². The molecule has 100 valence electrons. The normalized spacial score (nSPS) is 25.1. The molecule has 0 aromatic heterocycles. The summed E-state index contributed by atoms with van der Waals surface area (Å²) in [5.74, 6) is 0. The zero-order chi connectivity index (χ0) is 13.1. The summed E-state index contributed by atoms with van der Waals surface area (Å²) < 4.78 is 5.63. The first-order valence-electron chi connectivity index (χ1n) is 6.76. The van der Waals surface area contributed by atoms with E-state index in [1.54, 1.807) is 0 Å². The zero-order valence-corrected chi connectivity index (χ0v) is 11.5. The lowest BCUT2D eigenvalue weighted by molar-refractivity contribution is 0.118. The van der Waals surface area contributed by atoms with Gasteiger partial charge in [-0.3, -0.25) is 0 Å². The third-order valence-electron chi connectivity index (χ3n) is 3.90. The van der Waals surface area contributed by atoms with Gasteiger partial charge in [0.2, 0.25) is 0 Å². The lowest BCUT2D eigenvalue weighted by Gasteiger charge is -2.31. The standard InChI is InChI=1S/C15H23NO2/c1-4-15(17)12-7-5-6-8-14(12)16(3)13-9-10-18-11(13)2/h5-8,11,13,15,17H,4,9-10H2,1-3H3/t11?,13?,15-/m1/s1. The maximum atomic E-state index is 10.1. The minimum absolute atomic E-state index is 0.252. The Labute approximate surface area is 109 Å². The molecule has 1 saturated heterocycles. The highest BCUT2D eigenvalue weighted by molar-refractivity contribution is 5.55. The van der Waals surface area contributed by atoms with Crippen molar-refractivity contribution in [2.24, 2.45) is 0 Å². The zero-order valence-electron chi connectivity index (χ0n) is 11.5. The number of hydrogen-bond acceptors (Lipinski definition) is 3. The van der Waals surface area contributed by atoms with Gasteiger partial charge in [-0.2, -0.15) is 0 Å². The predicted octanol–water partition coefficient (Wildman–Crippen LogP) is 2.74. The van der Waals surface area contributed by atoms with Crippen LogP contribution < -0.4 is 4.90 Å². The average molecular weight is 249 g/mol. The lowest BCUT2D eigenvalue weighted by Crippen LogP contribution is -2.37. The first-order chi connectivity index (χ1) is 8.65. The van der Waals surface area contributed by atoms with Gasteiger partial charge < -0.3 is 14.7 Å². The van der Waals surface area contributed by atoms with Gasteiger partial charge in [-0.05, 0) is 25.8 Å². The molecule has 1 N–H and O–H groups in total. The van der Waals surface area contributed by atoms with Crippen LogP contribution in [0.4, 0.5) is 5.69 Å². The summed E-state index contributed by atoms with van der Waals surface area (Å²) in [6, 6.07) is 8.51. The van der Waals surface area contributed by atoms with E-state index in [0.717, 1.165) is 30.7 Å². The molecule has 0 amide bonds. The summed E-state index contributed by atoms with van der Waals surface area (Å²) in [6.45, 7) is 4.95. The summed E-state index contributed by atoms with van der Waals surface area (Å²) in [5, 5.41) is 10.1. The molecule has 1 heterocycles. The van der Waals surface area contributed by atoms with Gasteiger partial charge in [0, 0.05) is 24.9 Å². The number of benzene rings is 1. The molecule has 1 fully saturated rings. The Hall–Kier alpha value is -1.06. The molecule has 2 rings (SSSR count). The molecule has 0 spiro atoms. The van der Waals surface area contributed by atoms with Crippen molar-refractivity contribution in [1.82, 2.24) is 0 Å². The number of para-hydroxylation sites is 1. The number of rotatable bonds is 4. The van der Waals surface area contributed by atoms with Crippen molar-refractivity contribution in [2.45, 2.75) is 44.9 Å². The molecule has 1 aromatic rings. The van der Waals surface area contributed by atoms with Crippen LogP contribution in [0.1, 0.15) is 38.4 Å². The molecule has 1 aliphatic heterocycles. The maximum absolute atomic E-state index is 10.1. The molecule has 3 heteroatoms. The SMILES string of the molecule is CC[C@@H](O)c1ccccc1N(C)C1CCOC1C. The first-order valence-corrected chi connectivity index (χ1v) is 6.76. The smallest absolute Gasteiger partial charge is 0.0807 e. The van der Waals surface area contributed by atoms with Crippen LogP contribution in [0.2, 0.25) is 0 Å². The second-order valence-electron chi connectivity index (χ2n) is 5.03. The van der Waals surface area contributed by atoms with E-state index < -0.39 is 0 Å². The third kappa shape index (κ3) is 2.52. The summed E-state index contributed by atoms with van der Waals surface area (Å²) >= 11 is 0. The lowest BCUT2D eigenvalue weighted by atomic mass is 10.0. The third-order valence-corrected chi connectivity index (χ3v) is 3.90. The van der Waals surface area contributed by atoms with Gasteiger partial charge in [-0.15, -0.1) is 0 Å². The molecule has 1 aromatic carbocycles. The van der Waals surface area contributed by atoms with Crippen molar-refractivity contribution in [3.05, 3.63) is 29.8 Å². The predicted molar refractivity (Wildman–Crippen MR) is 73.9 cm³/mol. The Morgan fingerprint density at radius 1 is 1.44 bits per heavy atom. The Kier molecular flexibility index (Phi) is 4.25. The summed E-state index contributed by atoms with van der Waals surface area (Å²) in [6.07, 6.45) is 1.65. The largest absolute Gasteiger partial charge is 0.388 e. The van der Waals surface area contributed by atoms with Crippen molar-refractivity contribution in [3.63, 3.8) is 0 Å². The van der Waals surface area contributed by atoms with Gasteiger partial charge >= 0.3 is 0 Å². The van der Waals surface area contributed by atoms with E-state index in [-0.39, 0.29) is 12.2 Å². The molecule has 2 unspecified atom stereocenters. The van der Waals surface area contributed by atoms with E-state index in [2.05, 4.69) is 24.9 Å². The van der Waals surface area contributed by atoms with E-state index in [1.807, 2.05) is 25.1 Å². The number of likely N-dealkylation sites (N-methyl/N-ethyl adjacent to an activating group) is 1. The van der Waals surface area contributed by atoms with Gasteiger partial charge in [-0.1, -0.05) is 25.1 Å². The molecule has 0 saturated carbocycles. The van der Waals surface area contributed by atoms with E-state index in [1.165, 1.54) is 0 Å². The highest BCUT2D eigenvalue weighted by Gasteiger charge is 2.29. The molecule has 0 bridgehead atoms. The van der Waals surface area contributed by atoms with Crippen LogP contribution in [0.3, 0.4) is 0 Å². The molecule has 3 nitrogen and oxygen atoms in total. The Morgan fingerprint density at radius 3 is 2.78 bits per heavy atom. The van der Waals surface area contributed by atoms with Gasteiger partial charge in [0.05, 0.1) is 18.2 Å². The van der Waals surface area contributed by atoms with Crippen molar-refractivity contribution in [3.8, 4) is 0 Å². The minimum Gasteiger partial charge on any atom is -0.388 e. The second-order valence-corrected chi connectivity index (χ2v) is 5.03. The second kappa shape index (κ2) is 5.72. The highest BCUT2D eigenvalue weighted by atomic mass is 16.5. The van der Waals surface area contributed by atoms with E-state index >= 15 is 0 Å². The maximum Gasteiger partial charge on any atom is 0.0807 e. The fraction of sp³-hybridized carbons (Fsp3) is 0.600. The molecular formula is C15H23NO2. The number of aliphatic hydroxyl groups excluding tert-OH is 1. The van der Waals surface area contributed by atoms with E-state index in [0.29, 0.717) is 6.04 Å². The highest BCUT2D eigenvalue weighted by Crippen LogP contribution is 2.31. The fourth-order valence-electron chi connectivity index (χ4n) is 2.72. The average Bonchev–Trinajstić information content (AvgIpc) is 2.83. The Balaban J connectivity index is 2.26. The number of nitrogens with zero attached hydrogens (tertiary/aromatic N) is 1. The van der Waals surface area contributed by atoms with Crippen molar-refractivity contribution in [1.29, 1.82) is 0 Å². The minimum atomic E-state index is -0.388. The van der Waals surface area contributed by atoms with Crippen LogP contribution in [-0.2, 0) is 4.74 Å². The van der Waals surface area contributed by atoms with Crippen molar-refractivity contribution < 1.29 is 9.84 Å². The van der Waals surface area contributed by atoms with Crippen LogP contribution in [0.15, 0.2) is 24.3 Å². The van der Waals surface area contributed by atoms with Crippen LogP contribution >= 0.6 is 0 Å². The van der Waals surface area contributed by atoms with Crippen LogP contribution in [0.25, 0.3) is 0 Å². The first kappa shape index (κ1) is 13.4. The van der Waals surface area contributed by atoms with Gasteiger partial charge in [-0.25, -0.2) is 0 Å². The number of aliphatic hydroxyl groups is 1. The molecule has 1 aliphatic rings. The van der Waals surface area contributed by atoms with E-state index in [4.69, 9.17) is 4.74 Å². The van der Waals surface area contributed by atoms with Gasteiger partial charge in [0.1, 0.15) is 0 Å². The van der Waals surface area contributed by atoms with Crippen LogP contribution in [0.5, 0.6) is 0 Å². The number of anilines is 1. The Bertz CT molecular complexity index is 394. The Morgan fingerprint density at radius 2 is 2.17 bits per heavy atom. The molecule has 0 aliphatic carbocycles. The quantitative estimate of drug-likeness (QED) is 0.890. The topological polar surface area (TPSA) is 32.7 Å². The molecule has 3 atom stereocenters.